The lowest BCUT2D eigenvalue weighted by Gasteiger charge is -2.43. The van der Waals surface area contributed by atoms with Crippen molar-refractivity contribution in [1.82, 2.24) is 0 Å². The molecule has 3 fully saturated rings. The Morgan fingerprint density at radius 2 is 0.606 bits per heavy atom. The molecule has 10 aromatic rings. The lowest BCUT2D eigenvalue weighted by atomic mass is 9.72. The zero-order valence-corrected chi connectivity index (χ0v) is 68.6. The fourth-order valence-electron chi connectivity index (χ4n) is 18.7. The average molecular weight is 1470 g/mol. The number of hydrogen-bond acceptors (Lipinski definition) is 5. The third-order valence-corrected chi connectivity index (χ3v) is 24.8. The molecule has 10 heterocycles. The van der Waals surface area contributed by atoms with Crippen molar-refractivity contribution in [3.63, 3.8) is 0 Å². The van der Waals surface area contributed by atoms with Crippen LogP contribution in [0.4, 0.5) is 0 Å². The van der Waals surface area contributed by atoms with Crippen LogP contribution in [0.15, 0.2) is 183 Å². The predicted molar refractivity (Wildman–Crippen MR) is 440 cm³/mol. The van der Waals surface area contributed by atoms with Crippen LogP contribution in [0.25, 0.3) is 56.3 Å². The van der Waals surface area contributed by atoms with E-state index in [0.717, 1.165) is 140 Å². The summed E-state index contributed by atoms with van der Waals surface area (Å²) >= 11 is 0. The second-order valence-corrected chi connectivity index (χ2v) is 35.5. The minimum absolute atomic E-state index is 0.104. The lowest BCUT2D eigenvalue weighted by Crippen LogP contribution is -2.42. The van der Waals surface area contributed by atoms with E-state index in [1.165, 1.54) is 86.4 Å². The quantitative estimate of drug-likeness (QED) is 0.161. The first kappa shape index (κ1) is 71.5. The van der Waals surface area contributed by atoms with E-state index in [9.17, 15) is 0 Å². The first-order valence-electron chi connectivity index (χ1n) is 42.3. The SMILES string of the molecule is Cc1ccc2c(c1-c1cccc[n+]1C)OC(C)(C)CC2(C)C.Cc1ccc2c(c1-c1cccc[n+]1C)OC1(CC1)CC2(C)C.Cc1ccc2c(c1-c1cccc[n+]1C)OCCC2(C)C.[2H]C1([2H])CC2(CCCC2)Oc2c1ccc(C)c2-c1cccc[n+]1C.[2H]C1([2H])CC2(CCCCC2)Oc2c1ccc(C)c2-c1cccc[n+]1C. The molecular formula is C99H122N5O5+5. The van der Waals surface area contributed by atoms with Crippen LogP contribution >= 0.6 is 0 Å². The van der Waals surface area contributed by atoms with Gasteiger partial charge in [0.2, 0.25) is 28.5 Å². The van der Waals surface area contributed by atoms with Gasteiger partial charge in [0.1, 0.15) is 86.4 Å². The van der Waals surface area contributed by atoms with Crippen molar-refractivity contribution in [3.05, 3.63) is 238 Å². The van der Waals surface area contributed by atoms with E-state index in [2.05, 4.69) is 256 Å². The first-order valence-corrected chi connectivity index (χ1v) is 40.3. The molecule has 0 saturated heterocycles. The second-order valence-electron chi connectivity index (χ2n) is 35.5. The third-order valence-electron chi connectivity index (χ3n) is 24.8. The number of benzene rings is 5. The molecule has 10 heteroatoms. The Balaban J connectivity index is 0.000000117. The Bertz CT molecular complexity index is 5140. The van der Waals surface area contributed by atoms with Crippen molar-refractivity contribution in [1.29, 1.82) is 0 Å². The van der Waals surface area contributed by atoms with Crippen LogP contribution in [0.2, 0.25) is 0 Å². The summed E-state index contributed by atoms with van der Waals surface area (Å²) in [5.74, 6) is 4.77. The van der Waals surface area contributed by atoms with E-state index in [-0.39, 0.29) is 38.6 Å². The number of ether oxygens (including phenoxy) is 5. The molecule has 568 valence electrons. The number of pyridine rings is 5. The fraction of sp³-hybridized carbons (Fsp3) is 0.444. The monoisotopic (exact) mass is 1460 g/mol. The predicted octanol–water partition coefficient (Wildman–Crippen LogP) is 20.6. The number of hydrogen-bond donors (Lipinski definition) is 0. The van der Waals surface area contributed by atoms with Crippen LogP contribution in [-0.4, -0.2) is 29.0 Å². The van der Waals surface area contributed by atoms with Crippen molar-refractivity contribution in [2.75, 3.05) is 6.61 Å². The van der Waals surface area contributed by atoms with Crippen LogP contribution < -0.4 is 46.5 Å². The number of rotatable bonds is 5. The summed E-state index contributed by atoms with van der Waals surface area (Å²) < 4.78 is 77.8. The molecule has 3 saturated carbocycles. The molecule has 18 rings (SSSR count). The molecule has 0 amide bonds. The van der Waals surface area contributed by atoms with E-state index in [1.54, 1.807) is 0 Å². The van der Waals surface area contributed by atoms with Crippen LogP contribution in [-0.2, 0) is 64.2 Å². The zero-order chi connectivity index (χ0) is 80.6. The Hall–Kier alpha value is -9.15. The molecule has 0 bridgehead atoms. The summed E-state index contributed by atoms with van der Waals surface area (Å²) in [7, 11) is 10.3. The summed E-state index contributed by atoms with van der Waals surface area (Å²) in [6.07, 6.45) is 23.8. The maximum absolute atomic E-state index is 8.73. The molecule has 0 radical (unpaired) electrons. The van der Waals surface area contributed by atoms with Gasteiger partial charge in [0.25, 0.3) is 0 Å². The van der Waals surface area contributed by atoms with E-state index >= 15 is 0 Å². The van der Waals surface area contributed by atoms with Gasteiger partial charge in [0.05, 0.1) is 34.4 Å². The topological polar surface area (TPSA) is 65.5 Å². The molecule has 109 heavy (non-hydrogen) atoms. The Kier molecular flexibility index (Phi) is 19.8. The van der Waals surface area contributed by atoms with Gasteiger partial charge < -0.3 is 23.7 Å². The van der Waals surface area contributed by atoms with Gasteiger partial charge in [-0.2, -0.15) is 0 Å². The van der Waals surface area contributed by atoms with E-state index in [1.807, 2.05) is 75.0 Å². The van der Waals surface area contributed by atoms with Crippen molar-refractivity contribution in [2.24, 2.45) is 35.2 Å². The summed E-state index contributed by atoms with van der Waals surface area (Å²) in [5, 5.41) is 0. The summed E-state index contributed by atoms with van der Waals surface area (Å²) in [5.41, 5.74) is 22.8. The van der Waals surface area contributed by atoms with Gasteiger partial charge in [-0.05, 0) is 243 Å². The summed E-state index contributed by atoms with van der Waals surface area (Å²) in [4.78, 5) is 0. The minimum atomic E-state index is -1.35. The standard InChI is InChI=1S/C21H26NO.2C20H24NO.C20H26NO.C18H22NO/c1-16-9-10-17-11-14-21(12-5-3-6-13-21)23-20(17)19(16)18-8-4-7-15-22(18)2;1-14-8-9-15-18(17(14)16-7-5-6-12-21(16)4)22-20(10-11-20)13-19(15,2)3;1-15-8-9-16-10-13-20(11-4-5-12-20)22-19(16)18(15)17-7-3-6-14-21(17)2;1-14-10-11-15-18(22-20(4,5)13-19(15,2)3)17(14)16-9-7-8-12-21(16)6;1-13-8-9-14-17(20-12-10-18(14,2)3)16(13)15-7-5-6-11-19(15)4/h4,7-10,15H,3,5-6,11-14H2,1-2H3;5-9,12H,10-11,13H2,1-4H3;3,6-9,14H,4-5,10-13H2,1-2H3;7-12H,13H2,1-6H3;5-9,11H,10,12H2,1-4H3/q5*+1/i11D2;;10D2;;. The van der Waals surface area contributed by atoms with Gasteiger partial charge >= 0.3 is 0 Å². The van der Waals surface area contributed by atoms with E-state index in [0.29, 0.717) is 24.0 Å². The van der Waals surface area contributed by atoms with Gasteiger partial charge in [-0.3, -0.25) is 0 Å². The maximum atomic E-state index is 8.73. The highest BCUT2D eigenvalue weighted by Crippen LogP contribution is 2.58. The van der Waals surface area contributed by atoms with Crippen LogP contribution in [0.5, 0.6) is 28.7 Å². The molecule has 0 atom stereocenters. The Labute approximate surface area is 657 Å². The van der Waals surface area contributed by atoms with Gasteiger partial charge in [-0.25, -0.2) is 22.8 Å². The zero-order valence-electron chi connectivity index (χ0n) is 72.6. The number of fused-ring (bicyclic) bond motifs is 5. The Morgan fingerprint density at radius 1 is 0.294 bits per heavy atom. The van der Waals surface area contributed by atoms with Gasteiger partial charge in [-0.1, -0.05) is 109 Å². The molecule has 5 aliphatic heterocycles. The summed E-state index contributed by atoms with van der Waals surface area (Å²) in [6.45, 7) is 29.8. The molecule has 0 unspecified atom stereocenters. The molecular weight excluding hydrogens is 1340 g/mol. The van der Waals surface area contributed by atoms with Crippen molar-refractivity contribution < 1.29 is 52.0 Å². The van der Waals surface area contributed by atoms with Crippen molar-refractivity contribution in [3.8, 4) is 85.0 Å². The number of aryl methyl sites for hydroxylation is 12. The molecule has 5 aromatic carbocycles. The normalized spacial score (nSPS) is 20.2. The van der Waals surface area contributed by atoms with Crippen LogP contribution in [0.1, 0.15) is 219 Å². The van der Waals surface area contributed by atoms with Crippen LogP contribution in [0.3, 0.4) is 0 Å². The smallest absolute Gasteiger partial charge is 0.216 e. The Morgan fingerprint density at radius 3 is 0.972 bits per heavy atom. The van der Waals surface area contributed by atoms with Crippen LogP contribution in [0, 0.1) is 34.6 Å². The van der Waals surface area contributed by atoms with Gasteiger partial charge in [0.15, 0.2) is 31.0 Å². The lowest BCUT2D eigenvalue weighted by molar-refractivity contribution is -0.660. The molecule has 0 N–H and O–H groups in total. The molecule has 3 aliphatic carbocycles. The highest BCUT2D eigenvalue weighted by Gasteiger charge is 2.54. The fourth-order valence-corrected chi connectivity index (χ4v) is 18.7. The second kappa shape index (κ2) is 30.3. The van der Waals surface area contributed by atoms with Crippen molar-refractivity contribution in [2.45, 2.75) is 244 Å². The maximum Gasteiger partial charge on any atom is 0.216 e. The highest BCUT2D eigenvalue weighted by atomic mass is 16.5. The molecule has 5 aromatic heterocycles. The van der Waals surface area contributed by atoms with E-state index in [4.69, 9.17) is 29.2 Å². The van der Waals surface area contributed by atoms with Gasteiger partial charge in [0, 0.05) is 82.8 Å². The molecule has 10 nitrogen and oxygen atoms in total. The number of nitrogens with zero attached hydrogens (tertiary/aromatic N) is 5. The molecule has 3 spiro atoms. The first-order chi connectivity index (χ1) is 53.5. The van der Waals surface area contributed by atoms with Crippen molar-refractivity contribution >= 4 is 0 Å². The van der Waals surface area contributed by atoms with E-state index < -0.39 is 12.7 Å². The average Bonchev–Trinajstić information content (AvgIpc) is 1.12. The highest BCUT2D eigenvalue weighted by molar-refractivity contribution is 5.77. The molecule has 8 aliphatic rings. The number of aromatic nitrogens is 5. The summed E-state index contributed by atoms with van der Waals surface area (Å²) in [6, 6.07) is 52.6. The van der Waals surface area contributed by atoms with Gasteiger partial charge in [-0.15, -0.1) is 0 Å². The minimum Gasteiger partial charge on any atom is -0.492 e. The largest absolute Gasteiger partial charge is 0.492 e. The third kappa shape index (κ3) is 15.6.